The molecule has 558 valence electrons. The Bertz CT molecular complexity index is 7500. The third-order valence-electron chi connectivity index (χ3n) is 25.3. The lowest BCUT2D eigenvalue weighted by Gasteiger charge is -2.40. The SMILES string of the molecule is c1ccc(-c2cccc(-c3cc(-c4ccc(-c5ccc6c(c5)C5(c7cc(-c8ccc(-c9nc(-c%10ccccc%10)cc(-c%10ccc%11c(ccc%12ccccc%12%11)c%10)n9)cc8)ccc7O6)c6ccccc6-c6ccccc65)c(-c5ccccc5)c4)nc(-c4ccc(-c5ccc6c(c5)C5(c7ccccc7O6)c6ccccc6-c6ccccc65)cc4)n3)c2)cc1. The van der Waals surface area contributed by atoms with Crippen LogP contribution in [0.1, 0.15) is 44.5 Å². The van der Waals surface area contributed by atoms with Gasteiger partial charge in [-0.15, -0.1) is 0 Å². The molecule has 0 N–H and O–H groups in total. The maximum atomic E-state index is 7.27. The van der Waals surface area contributed by atoms with E-state index in [1.807, 2.05) is 6.07 Å². The summed E-state index contributed by atoms with van der Waals surface area (Å²) in [6.07, 6.45) is 0. The van der Waals surface area contributed by atoms with Gasteiger partial charge in [-0.1, -0.05) is 352 Å². The highest BCUT2D eigenvalue weighted by Crippen LogP contribution is 2.65. The molecule has 2 aromatic heterocycles. The topological polar surface area (TPSA) is 70.0 Å². The van der Waals surface area contributed by atoms with Crippen molar-refractivity contribution in [3.8, 4) is 169 Å². The largest absolute Gasteiger partial charge is 0.457 e. The van der Waals surface area contributed by atoms with Crippen molar-refractivity contribution in [1.29, 1.82) is 0 Å². The molecule has 18 aromatic carbocycles. The van der Waals surface area contributed by atoms with Crippen molar-refractivity contribution in [1.82, 2.24) is 19.9 Å². The van der Waals surface area contributed by atoms with Crippen LogP contribution in [-0.2, 0) is 10.8 Å². The molecule has 0 saturated carbocycles. The van der Waals surface area contributed by atoms with Gasteiger partial charge in [0, 0.05) is 55.6 Å². The van der Waals surface area contributed by atoms with E-state index in [9.17, 15) is 0 Å². The molecule has 4 heterocycles. The Morgan fingerprint density at radius 2 is 0.500 bits per heavy atom. The van der Waals surface area contributed by atoms with Crippen molar-refractivity contribution >= 4 is 21.5 Å². The van der Waals surface area contributed by atoms with Gasteiger partial charge in [-0.2, -0.15) is 0 Å². The van der Waals surface area contributed by atoms with Crippen LogP contribution < -0.4 is 9.47 Å². The summed E-state index contributed by atoms with van der Waals surface area (Å²) in [6, 6.07) is 153. The highest BCUT2D eigenvalue weighted by Gasteiger charge is 2.53. The first kappa shape index (κ1) is 68.6. The van der Waals surface area contributed by atoms with Crippen LogP contribution in [0.25, 0.3) is 167 Å². The summed E-state index contributed by atoms with van der Waals surface area (Å²) in [5.41, 5.74) is 32.8. The minimum Gasteiger partial charge on any atom is -0.457 e. The Kier molecular flexibility index (Phi) is 15.7. The third-order valence-corrected chi connectivity index (χ3v) is 25.3. The number of nitrogens with zero attached hydrogens (tertiary/aromatic N) is 4. The lowest BCUT2D eigenvalue weighted by molar-refractivity contribution is 0.436. The van der Waals surface area contributed by atoms with Crippen LogP contribution in [0.3, 0.4) is 0 Å². The summed E-state index contributed by atoms with van der Waals surface area (Å²) in [5, 5.41) is 4.84. The highest BCUT2D eigenvalue weighted by atomic mass is 16.5. The number of para-hydroxylation sites is 1. The molecule has 0 amide bonds. The van der Waals surface area contributed by atoms with Gasteiger partial charge in [-0.05, 0) is 194 Å². The first-order valence-electron chi connectivity index (χ1n) is 41.0. The lowest BCUT2D eigenvalue weighted by atomic mass is 9.65. The normalized spacial score (nSPS) is 13.1. The molecule has 120 heavy (non-hydrogen) atoms. The minimum atomic E-state index is -0.780. The number of ether oxygens (including phenoxy) is 2. The molecule has 0 saturated heterocycles. The molecule has 4 aliphatic rings. The first-order valence-corrected chi connectivity index (χ1v) is 41.0. The molecule has 2 aliphatic carbocycles. The van der Waals surface area contributed by atoms with Gasteiger partial charge in [0.1, 0.15) is 23.0 Å². The Balaban J connectivity index is 0.613. The van der Waals surface area contributed by atoms with Crippen LogP contribution in [-0.4, -0.2) is 19.9 Å². The van der Waals surface area contributed by atoms with Crippen LogP contribution in [0.4, 0.5) is 0 Å². The van der Waals surface area contributed by atoms with Gasteiger partial charge in [0.25, 0.3) is 0 Å². The molecule has 24 rings (SSSR count). The molecular weight excluding hydrogens is 1460 g/mol. The van der Waals surface area contributed by atoms with E-state index in [-0.39, 0.29) is 0 Å². The monoisotopic (exact) mass is 1530 g/mol. The zero-order valence-electron chi connectivity index (χ0n) is 65.0. The Hall–Kier alpha value is -15.8. The van der Waals surface area contributed by atoms with Gasteiger partial charge in [0.15, 0.2) is 11.6 Å². The number of aromatic nitrogens is 4. The standard InChI is InChI=1S/C114H70N4O2/c1-4-23-71(24-5-1)79-30-22-31-84(63-79)104-70-106(118-112(116-104)78-50-45-72(46-51-78)80-55-60-108-100(66-80)113(99-41-20-21-42-107(99)119-108)95-37-16-12-33-90(95)91-34-13-17-38-96(91)113)86-54-59-89(94(65-86)74-25-6-2-7-26-74)83-57-62-110-102(68-83)114(97-39-18-14-35-92(97)93-36-15-19-40-98(93)114)101-67-81(56-61-109(101)120-110)73-43-48-77(49-44-73)111-115-103(76-28-8-3-9-29-76)69-105(117-111)85-53-58-88-82(64-85)52-47-75-27-10-11-32-87(75)88/h1-70H. The van der Waals surface area contributed by atoms with Crippen molar-refractivity contribution < 1.29 is 9.47 Å². The van der Waals surface area contributed by atoms with E-state index in [1.54, 1.807) is 0 Å². The number of hydrogen-bond donors (Lipinski definition) is 0. The molecule has 0 fully saturated rings. The molecule has 0 atom stereocenters. The maximum Gasteiger partial charge on any atom is 0.160 e. The zero-order chi connectivity index (χ0) is 79.0. The Morgan fingerprint density at radius 3 is 1.05 bits per heavy atom. The number of benzene rings is 18. The van der Waals surface area contributed by atoms with Crippen molar-refractivity contribution in [3.63, 3.8) is 0 Å². The number of rotatable bonds is 11. The van der Waals surface area contributed by atoms with Crippen molar-refractivity contribution in [2.24, 2.45) is 0 Å². The van der Waals surface area contributed by atoms with Crippen molar-refractivity contribution in [3.05, 3.63) is 469 Å². The molecule has 20 aromatic rings. The second-order valence-electron chi connectivity index (χ2n) is 31.8. The summed E-state index contributed by atoms with van der Waals surface area (Å²) in [4.78, 5) is 21.7. The maximum absolute atomic E-state index is 7.27. The van der Waals surface area contributed by atoms with Crippen LogP contribution in [0.5, 0.6) is 23.0 Å². The Morgan fingerprint density at radius 1 is 0.158 bits per heavy atom. The van der Waals surface area contributed by atoms with Crippen LogP contribution >= 0.6 is 0 Å². The zero-order valence-corrected chi connectivity index (χ0v) is 65.0. The molecular formula is C114H70N4O2. The van der Waals surface area contributed by atoms with E-state index < -0.39 is 10.8 Å². The second kappa shape index (κ2) is 27.5. The summed E-state index contributed by atoms with van der Waals surface area (Å²) >= 11 is 0. The molecule has 2 spiro atoms. The van der Waals surface area contributed by atoms with E-state index in [1.165, 1.54) is 66.1 Å². The Labute approximate surface area is 695 Å². The predicted octanol–water partition coefficient (Wildman–Crippen LogP) is 28.8. The van der Waals surface area contributed by atoms with Crippen LogP contribution in [0.15, 0.2) is 425 Å². The van der Waals surface area contributed by atoms with Gasteiger partial charge in [0.05, 0.1) is 33.6 Å². The average molecular weight is 1530 g/mol. The molecule has 0 unspecified atom stereocenters. The number of hydrogen-bond acceptors (Lipinski definition) is 6. The molecule has 6 nitrogen and oxygen atoms in total. The summed E-state index contributed by atoms with van der Waals surface area (Å²) in [7, 11) is 0. The van der Waals surface area contributed by atoms with E-state index in [0.717, 1.165) is 157 Å². The van der Waals surface area contributed by atoms with Gasteiger partial charge in [0.2, 0.25) is 0 Å². The molecule has 6 heteroatoms. The van der Waals surface area contributed by atoms with Crippen LogP contribution in [0, 0.1) is 0 Å². The fourth-order valence-corrected chi connectivity index (χ4v) is 19.7. The van der Waals surface area contributed by atoms with E-state index >= 15 is 0 Å². The number of fused-ring (bicyclic) bond motifs is 21. The van der Waals surface area contributed by atoms with E-state index in [2.05, 4.69) is 419 Å². The molecule has 2 aliphatic heterocycles. The first-order chi connectivity index (χ1) is 59.4. The fraction of sp³-hybridized carbons (Fsp3) is 0.0175. The van der Waals surface area contributed by atoms with Crippen molar-refractivity contribution in [2.45, 2.75) is 10.8 Å². The van der Waals surface area contributed by atoms with Gasteiger partial charge in [-0.25, -0.2) is 19.9 Å². The van der Waals surface area contributed by atoms with Crippen LogP contribution in [0.2, 0.25) is 0 Å². The third kappa shape index (κ3) is 10.9. The molecule has 0 bridgehead atoms. The van der Waals surface area contributed by atoms with Gasteiger partial charge >= 0.3 is 0 Å². The summed E-state index contributed by atoms with van der Waals surface area (Å²) in [5.74, 6) is 4.63. The summed E-state index contributed by atoms with van der Waals surface area (Å²) < 4.78 is 14.1. The van der Waals surface area contributed by atoms with Gasteiger partial charge in [-0.3, -0.25) is 0 Å². The molecule has 0 radical (unpaired) electrons. The van der Waals surface area contributed by atoms with E-state index in [4.69, 9.17) is 29.4 Å². The smallest absolute Gasteiger partial charge is 0.160 e. The highest BCUT2D eigenvalue weighted by molar-refractivity contribution is 6.08. The predicted molar refractivity (Wildman–Crippen MR) is 487 cm³/mol. The minimum absolute atomic E-state index is 0.585. The van der Waals surface area contributed by atoms with Gasteiger partial charge < -0.3 is 9.47 Å². The van der Waals surface area contributed by atoms with Crippen molar-refractivity contribution in [2.75, 3.05) is 0 Å². The fourth-order valence-electron chi connectivity index (χ4n) is 19.7. The second-order valence-corrected chi connectivity index (χ2v) is 31.8. The summed E-state index contributed by atoms with van der Waals surface area (Å²) in [6.45, 7) is 0. The average Bonchev–Trinajstić information content (AvgIpc) is 1.49. The van der Waals surface area contributed by atoms with E-state index in [0.29, 0.717) is 11.6 Å². The quantitative estimate of drug-likeness (QED) is 0.120. The lowest BCUT2D eigenvalue weighted by Crippen LogP contribution is -2.32.